The summed E-state index contributed by atoms with van der Waals surface area (Å²) >= 11 is 0. The van der Waals surface area contributed by atoms with Gasteiger partial charge in [-0.1, -0.05) is 11.0 Å². The molecule has 0 aliphatic carbocycles. The highest BCUT2D eigenvalue weighted by Crippen LogP contribution is 2.26. The van der Waals surface area contributed by atoms with Crippen molar-refractivity contribution in [3.05, 3.63) is 0 Å². The lowest BCUT2D eigenvalue weighted by Gasteiger charge is -2.32. The van der Waals surface area contributed by atoms with E-state index in [-0.39, 0.29) is 6.54 Å². The minimum atomic E-state index is -3.56. The van der Waals surface area contributed by atoms with Gasteiger partial charge in [0.15, 0.2) is 6.29 Å². The van der Waals surface area contributed by atoms with Gasteiger partial charge in [-0.05, 0) is 0 Å². The Morgan fingerprint density at radius 1 is 1.43 bits per heavy atom. The average molecular weight is 230 g/mol. The number of nitrogens with one attached hydrogen (secondary N) is 2. The molecule has 0 fully saturated rings. The summed E-state index contributed by atoms with van der Waals surface area (Å²) in [5.74, 6) is 0. The number of carbonyl (C=O) groups is 1. The molecule has 0 spiro atoms. The van der Waals surface area contributed by atoms with Crippen LogP contribution in [0.5, 0.6) is 0 Å². The van der Waals surface area contributed by atoms with Gasteiger partial charge in [-0.25, -0.2) is 9.52 Å². The summed E-state index contributed by atoms with van der Waals surface area (Å²) in [5.41, 5.74) is 0. The zero-order valence-corrected chi connectivity index (χ0v) is 8.58. The van der Waals surface area contributed by atoms with Crippen molar-refractivity contribution in [2.24, 2.45) is 0 Å². The number of hydrogen-bond donors (Lipinski definition) is 5. The maximum atomic E-state index is 10.1. The average Bonchev–Trinajstić information content (AvgIpc) is 2.03. The molecule has 0 aromatic carbocycles. The van der Waals surface area contributed by atoms with Gasteiger partial charge in [-0.15, -0.1) is 0 Å². The van der Waals surface area contributed by atoms with Crippen LogP contribution in [0.3, 0.4) is 0 Å². The van der Waals surface area contributed by atoms with Crippen molar-refractivity contribution in [2.75, 3.05) is 20.8 Å². The van der Waals surface area contributed by atoms with E-state index in [1.165, 1.54) is 18.9 Å². The molecule has 14 heavy (non-hydrogen) atoms. The molecule has 1 amide bonds. The Labute approximate surface area is 82.8 Å². The highest BCUT2D eigenvalue weighted by Gasteiger charge is 2.16. The Kier molecular flexibility index (Phi) is 5.76. The van der Waals surface area contributed by atoms with E-state index < -0.39 is 23.3 Å². The highest BCUT2D eigenvalue weighted by molar-refractivity contribution is 8.21. The Morgan fingerprint density at radius 3 is 2.29 bits per heavy atom. The van der Waals surface area contributed by atoms with Gasteiger partial charge in [0.2, 0.25) is 0 Å². The van der Waals surface area contributed by atoms with Gasteiger partial charge in [0.1, 0.15) is 0 Å². The molecule has 86 valence electrons. The summed E-state index contributed by atoms with van der Waals surface area (Å²) in [6, 6.07) is 0. The van der Waals surface area contributed by atoms with Crippen molar-refractivity contribution in [1.29, 1.82) is 0 Å². The smallest absolute Gasteiger partial charge is 0.424 e. The van der Waals surface area contributed by atoms with Gasteiger partial charge >= 0.3 is 6.09 Å². The summed E-state index contributed by atoms with van der Waals surface area (Å²) in [7, 11) is -0.821. The lowest BCUT2D eigenvalue weighted by atomic mass is 10.6. The maximum Gasteiger partial charge on any atom is 0.424 e. The van der Waals surface area contributed by atoms with Crippen molar-refractivity contribution in [3.63, 3.8) is 0 Å². The van der Waals surface area contributed by atoms with E-state index in [1.807, 2.05) is 0 Å². The van der Waals surface area contributed by atoms with Gasteiger partial charge < -0.3 is 14.6 Å². The van der Waals surface area contributed by atoms with Crippen LogP contribution in [0.4, 0.5) is 4.79 Å². The van der Waals surface area contributed by atoms with Gasteiger partial charge in [0.05, 0.1) is 6.54 Å². The molecule has 5 N–H and O–H groups in total. The molecule has 0 unspecified atom stereocenters. The Balaban J connectivity index is 3.90. The summed E-state index contributed by atoms with van der Waals surface area (Å²) in [6.07, 6.45) is -2.22. The molecule has 0 saturated heterocycles. The third-order valence-electron chi connectivity index (χ3n) is 1.21. The second-order valence-electron chi connectivity index (χ2n) is 2.21. The molecule has 0 bridgehead atoms. The van der Waals surface area contributed by atoms with E-state index in [0.717, 1.165) is 0 Å². The quantitative estimate of drug-likeness (QED) is 0.408. The van der Waals surface area contributed by atoms with Crippen molar-refractivity contribution in [2.45, 2.75) is 6.29 Å². The molecule has 0 aliphatic heterocycles. The number of methoxy groups -OCH3 is 2. The van der Waals surface area contributed by atoms with Crippen LogP contribution in [-0.2, 0) is 9.47 Å². The fourth-order valence-corrected chi connectivity index (χ4v) is 1.29. The van der Waals surface area contributed by atoms with E-state index >= 15 is 0 Å². The van der Waals surface area contributed by atoms with Crippen LogP contribution in [0.2, 0.25) is 0 Å². The first kappa shape index (κ1) is 13.4. The fraction of sp³-hybridized carbons (Fsp3) is 0.800. The largest absolute Gasteiger partial charge is 0.464 e. The molecule has 0 aromatic rings. The molecule has 8 nitrogen and oxygen atoms in total. The summed E-state index contributed by atoms with van der Waals surface area (Å²) < 4.78 is 31.2. The van der Waals surface area contributed by atoms with E-state index in [4.69, 9.17) is 23.7 Å². The van der Waals surface area contributed by atoms with Crippen LogP contribution in [0, 0.1) is 0 Å². The van der Waals surface area contributed by atoms with Crippen LogP contribution < -0.4 is 9.44 Å². The Hall–Kier alpha value is -0.580. The predicted octanol–water partition coefficient (Wildman–Crippen LogP) is 0.0431. The maximum absolute atomic E-state index is 10.1. The minimum Gasteiger partial charge on any atom is -0.464 e. The zero-order chi connectivity index (χ0) is 11.2. The standard InChI is InChI=1S/C5H14N2O6S/c1-12-4(13-2)3-6-14(10,11)7-5(8)9/h4,6-7,10-11H,3H2,1-2H3,(H,8,9). The number of carboxylic acid groups (broad SMARTS) is 1. The first-order chi connectivity index (χ1) is 6.41. The van der Waals surface area contributed by atoms with Crippen LogP contribution >= 0.6 is 11.0 Å². The molecular weight excluding hydrogens is 216 g/mol. The van der Waals surface area contributed by atoms with Gasteiger partial charge in [0.25, 0.3) is 0 Å². The number of hydrogen-bond acceptors (Lipinski definition) is 6. The minimum absolute atomic E-state index is 0.0599. The second-order valence-corrected chi connectivity index (χ2v) is 3.80. The fourth-order valence-electron chi connectivity index (χ4n) is 0.605. The number of ether oxygens (including phenoxy) is 2. The van der Waals surface area contributed by atoms with Crippen LogP contribution in [0.25, 0.3) is 0 Å². The van der Waals surface area contributed by atoms with Crippen molar-refractivity contribution >= 4 is 17.1 Å². The molecule has 0 heterocycles. The molecule has 0 atom stereocenters. The van der Waals surface area contributed by atoms with Crippen LogP contribution in [0.1, 0.15) is 0 Å². The van der Waals surface area contributed by atoms with E-state index in [9.17, 15) is 4.79 Å². The molecule has 0 saturated carbocycles. The highest BCUT2D eigenvalue weighted by atomic mass is 32.3. The topological polar surface area (TPSA) is 120 Å². The normalized spacial score (nSPS) is 12.9. The van der Waals surface area contributed by atoms with Crippen LogP contribution in [0.15, 0.2) is 0 Å². The first-order valence-corrected chi connectivity index (χ1v) is 5.05. The Morgan fingerprint density at radius 2 is 1.93 bits per heavy atom. The monoisotopic (exact) mass is 230 g/mol. The number of amides is 1. The van der Waals surface area contributed by atoms with E-state index in [2.05, 4.69) is 4.72 Å². The molecule has 0 rings (SSSR count). The predicted molar refractivity (Wildman–Crippen MR) is 49.8 cm³/mol. The molecule has 0 aromatic heterocycles. The lowest BCUT2D eigenvalue weighted by molar-refractivity contribution is -0.0963. The summed E-state index contributed by atoms with van der Waals surface area (Å²) in [4.78, 5) is 10.1. The van der Waals surface area contributed by atoms with Gasteiger partial charge in [-0.2, -0.15) is 4.72 Å². The van der Waals surface area contributed by atoms with E-state index in [1.54, 1.807) is 0 Å². The molecular formula is C5H14N2O6S. The first-order valence-electron chi connectivity index (χ1n) is 3.50. The summed E-state index contributed by atoms with van der Waals surface area (Å²) in [6.45, 7) is -0.0599. The zero-order valence-electron chi connectivity index (χ0n) is 7.76. The van der Waals surface area contributed by atoms with Crippen LogP contribution in [-0.4, -0.2) is 47.4 Å². The van der Waals surface area contributed by atoms with Crippen molar-refractivity contribution in [3.8, 4) is 0 Å². The van der Waals surface area contributed by atoms with E-state index in [0.29, 0.717) is 0 Å². The molecule has 9 heteroatoms. The SMILES string of the molecule is COC(CNS(O)(O)NC(=O)O)OC. The van der Waals surface area contributed by atoms with Gasteiger partial charge in [0, 0.05) is 14.2 Å². The van der Waals surface area contributed by atoms with Crippen molar-refractivity contribution in [1.82, 2.24) is 9.44 Å². The summed E-state index contributed by atoms with van der Waals surface area (Å²) in [5, 5.41) is 8.22. The second kappa shape index (κ2) is 6.01. The lowest BCUT2D eigenvalue weighted by Crippen LogP contribution is -2.39. The molecule has 0 radical (unpaired) electrons. The van der Waals surface area contributed by atoms with Crippen molar-refractivity contribution < 1.29 is 28.5 Å². The Bertz CT molecular complexity index is 185. The number of rotatable bonds is 6. The third-order valence-corrected chi connectivity index (χ3v) is 2.24. The van der Waals surface area contributed by atoms with Gasteiger partial charge in [-0.3, -0.25) is 9.11 Å². The molecule has 0 aliphatic rings. The third kappa shape index (κ3) is 5.96.